The van der Waals surface area contributed by atoms with E-state index in [2.05, 4.69) is 48.9 Å². The monoisotopic (exact) mass is 339 g/mol. The summed E-state index contributed by atoms with van der Waals surface area (Å²) < 4.78 is 1.05. The number of carbonyl (C=O) groups excluding carboxylic acids is 1. The number of benzene rings is 1. The van der Waals surface area contributed by atoms with Gasteiger partial charge in [-0.1, -0.05) is 55.8 Å². The molecule has 1 aromatic rings. The van der Waals surface area contributed by atoms with Gasteiger partial charge in [0, 0.05) is 10.9 Å². The molecule has 2 atom stereocenters. The van der Waals surface area contributed by atoms with E-state index in [4.69, 9.17) is 0 Å². The summed E-state index contributed by atoms with van der Waals surface area (Å²) in [5, 5.41) is 3.08. The van der Waals surface area contributed by atoms with Gasteiger partial charge in [-0.3, -0.25) is 4.79 Å². The van der Waals surface area contributed by atoms with Crippen LogP contribution in [-0.2, 0) is 4.79 Å². The minimum absolute atomic E-state index is 0.0532. The minimum Gasteiger partial charge on any atom is -0.350 e. The molecule has 0 fully saturated rings. The van der Waals surface area contributed by atoms with E-state index in [1.54, 1.807) is 0 Å². The molecule has 0 heterocycles. The third-order valence-electron chi connectivity index (χ3n) is 3.24. The molecule has 1 amide bonds. The molecular weight excluding hydrogens is 314 g/mol. The van der Waals surface area contributed by atoms with Crippen LogP contribution in [0.4, 0.5) is 0 Å². The van der Waals surface area contributed by atoms with Gasteiger partial charge in [0.1, 0.15) is 0 Å². The summed E-state index contributed by atoms with van der Waals surface area (Å²) in [5.74, 6) is 0.546. The first-order valence-electron chi connectivity index (χ1n) is 7.22. The van der Waals surface area contributed by atoms with Gasteiger partial charge in [0.2, 0.25) is 5.91 Å². The Balaban J connectivity index is 2.47. The summed E-state index contributed by atoms with van der Waals surface area (Å²) in [6.45, 7) is 10.8. The maximum Gasteiger partial charge on any atom is 0.220 e. The van der Waals surface area contributed by atoms with Crippen LogP contribution in [0.25, 0.3) is 0 Å². The normalized spacial score (nSPS) is 14.7. The smallest absolute Gasteiger partial charge is 0.220 e. The summed E-state index contributed by atoms with van der Waals surface area (Å²) in [6.07, 6.45) is 1.66. The van der Waals surface area contributed by atoms with Crippen LogP contribution in [0, 0.1) is 11.3 Å². The Morgan fingerprint density at radius 2 is 1.75 bits per heavy atom. The fourth-order valence-corrected chi connectivity index (χ4v) is 2.83. The van der Waals surface area contributed by atoms with Crippen molar-refractivity contribution in [3.63, 3.8) is 0 Å². The number of hydrogen-bond acceptors (Lipinski definition) is 1. The fourth-order valence-electron chi connectivity index (χ4n) is 2.57. The number of carbonyl (C=O) groups is 1. The second-order valence-electron chi connectivity index (χ2n) is 6.91. The molecule has 112 valence electrons. The van der Waals surface area contributed by atoms with Crippen LogP contribution < -0.4 is 5.32 Å². The van der Waals surface area contributed by atoms with Crippen LogP contribution in [0.5, 0.6) is 0 Å². The van der Waals surface area contributed by atoms with Crippen LogP contribution in [0.3, 0.4) is 0 Å². The zero-order valence-electron chi connectivity index (χ0n) is 13.2. The van der Waals surface area contributed by atoms with E-state index in [0.29, 0.717) is 12.3 Å². The quantitative estimate of drug-likeness (QED) is 0.795. The molecule has 0 saturated carbocycles. The number of nitrogens with one attached hydrogen (secondary N) is 1. The molecule has 1 N–H and O–H groups in total. The molecular formula is C17H26BrNO. The molecule has 3 heteroatoms. The van der Waals surface area contributed by atoms with Crippen LogP contribution in [-0.4, -0.2) is 5.91 Å². The molecule has 20 heavy (non-hydrogen) atoms. The van der Waals surface area contributed by atoms with Crippen molar-refractivity contribution in [3.8, 4) is 0 Å². The van der Waals surface area contributed by atoms with Gasteiger partial charge < -0.3 is 5.32 Å². The van der Waals surface area contributed by atoms with Crippen molar-refractivity contribution in [2.24, 2.45) is 11.3 Å². The highest BCUT2D eigenvalue weighted by molar-refractivity contribution is 9.10. The zero-order valence-corrected chi connectivity index (χ0v) is 14.8. The van der Waals surface area contributed by atoms with Crippen LogP contribution in [0.15, 0.2) is 28.7 Å². The van der Waals surface area contributed by atoms with E-state index in [9.17, 15) is 4.79 Å². The molecule has 2 nitrogen and oxygen atoms in total. The maximum absolute atomic E-state index is 12.1. The third-order valence-corrected chi connectivity index (χ3v) is 3.77. The Morgan fingerprint density at radius 1 is 1.20 bits per heavy atom. The Hall–Kier alpha value is -0.830. The van der Waals surface area contributed by atoms with Crippen LogP contribution >= 0.6 is 15.9 Å². The summed E-state index contributed by atoms with van der Waals surface area (Å²) in [6, 6.07) is 8.12. The first-order chi connectivity index (χ1) is 9.17. The summed E-state index contributed by atoms with van der Waals surface area (Å²) in [4.78, 5) is 12.1. The van der Waals surface area contributed by atoms with Crippen LogP contribution in [0.1, 0.15) is 59.1 Å². The second kappa shape index (κ2) is 7.26. The first kappa shape index (κ1) is 17.2. The molecule has 0 spiro atoms. The van der Waals surface area contributed by atoms with Crippen molar-refractivity contribution in [3.05, 3.63) is 34.3 Å². The average Bonchev–Trinajstić information content (AvgIpc) is 2.26. The molecule has 0 radical (unpaired) electrons. The Bertz CT molecular complexity index is 433. The maximum atomic E-state index is 12.1. The molecule has 0 saturated heterocycles. The van der Waals surface area contributed by atoms with Gasteiger partial charge in [-0.15, -0.1) is 0 Å². The highest BCUT2D eigenvalue weighted by Gasteiger charge is 2.18. The summed E-state index contributed by atoms with van der Waals surface area (Å²) in [5.41, 5.74) is 1.40. The van der Waals surface area contributed by atoms with Crippen LogP contribution in [0.2, 0.25) is 0 Å². The molecule has 0 bridgehead atoms. The Morgan fingerprint density at radius 3 is 2.25 bits per heavy atom. The molecule has 1 aromatic carbocycles. The number of halogens is 1. The Kier molecular flexibility index (Phi) is 6.25. The van der Waals surface area contributed by atoms with Crippen molar-refractivity contribution in [1.82, 2.24) is 5.32 Å². The molecule has 0 aliphatic heterocycles. The van der Waals surface area contributed by atoms with Gasteiger partial charge in [0.05, 0.1) is 6.04 Å². The van der Waals surface area contributed by atoms with E-state index >= 15 is 0 Å². The largest absolute Gasteiger partial charge is 0.350 e. The van der Waals surface area contributed by atoms with E-state index in [-0.39, 0.29) is 17.4 Å². The molecule has 1 rings (SSSR count). The minimum atomic E-state index is 0.0532. The van der Waals surface area contributed by atoms with Gasteiger partial charge in [-0.2, -0.15) is 0 Å². The van der Waals surface area contributed by atoms with Crippen molar-refractivity contribution in [2.75, 3.05) is 0 Å². The topological polar surface area (TPSA) is 29.1 Å². The highest BCUT2D eigenvalue weighted by Crippen LogP contribution is 2.26. The van der Waals surface area contributed by atoms with Crippen molar-refractivity contribution in [1.29, 1.82) is 0 Å². The van der Waals surface area contributed by atoms with Gasteiger partial charge in [-0.25, -0.2) is 0 Å². The number of rotatable bonds is 5. The predicted molar refractivity (Wildman–Crippen MR) is 88.6 cm³/mol. The standard InChI is InChI=1S/C17H26BrNO/c1-12(11-17(3,4)5)10-16(20)19-13(2)14-6-8-15(18)9-7-14/h6-9,12-13H,10-11H2,1-5H3,(H,19,20). The molecule has 0 aromatic heterocycles. The van der Waals surface area contributed by atoms with Gasteiger partial charge >= 0.3 is 0 Å². The number of amides is 1. The lowest BCUT2D eigenvalue weighted by molar-refractivity contribution is -0.122. The van der Waals surface area contributed by atoms with Crippen molar-refractivity contribution in [2.45, 2.75) is 53.5 Å². The molecule has 0 aliphatic rings. The van der Waals surface area contributed by atoms with E-state index in [1.165, 1.54) is 0 Å². The summed E-state index contributed by atoms with van der Waals surface area (Å²) >= 11 is 3.42. The predicted octanol–water partition coefficient (Wildman–Crippen LogP) is 5.09. The first-order valence-corrected chi connectivity index (χ1v) is 8.01. The lowest BCUT2D eigenvalue weighted by Crippen LogP contribution is -2.28. The molecule has 2 unspecified atom stereocenters. The SMILES string of the molecule is CC(CC(=O)NC(C)c1ccc(Br)cc1)CC(C)(C)C. The van der Waals surface area contributed by atoms with Crippen molar-refractivity contribution >= 4 is 21.8 Å². The highest BCUT2D eigenvalue weighted by atomic mass is 79.9. The fraction of sp³-hybridized carbons (Fsp3) is 0.588. The van der Waals surface area contributed by atoms with Gasteiger partial charge in [0.25, 0.3) is 0 Å². The van der Waals surface area contributed by atoms with Gasteiger partial charge in [-0.05, 0) is 42.4 Å². The lowest BCUT2D eigenvalue weighted by Gasteiger charge is -2.23. The third kappa shape index (κ3) is 6.56. The average molecular weight is 340 g/mol. The number of hydrogen-bond donors (Lipinski definition) is 1. The Labute approximate surface area is 131 Å². The molecule has 0 aliphatic carbocycles. The zero-order chi connectivity index (χ0) is 15.3. The van der Waals surface area contributed by atoms with E-state index in [0.717, 1.165) is 16.5 Å². The summed E-state index contributed by atoms with van der Waals surface area (Å²) in [7, 11) is 0. The second-order valence-corrected chi connectivity index (χ2v) is 7.83. The van der Waals surface area contributed by atoms with E-state index in [1.807, 2.05) is 31.2 Å². The van der Waals surface area contributed by atoms with E-state index < -0.39 is 0 Å². The van der Waals surface area contributed by atoms with Gasteiger partial charge in [0.15, 0.2) is 0 Å². The van der Waals surface area contributed by atoms with Crippen molar-refractivity contribution < 1.29 is 4.79 Å². The lowest BCUT2D eigenvalue weighted by atomic mass is 9.84.